The molecule has 0 saturated carbocycles. The lowest BCUT2D eigenvalue weighted by molar-refractivity contribution is -0.115. The molecule has 2 aromatic carbocycles. The number of ether oxygens (including phenoxy) is 2. The van der Waals surface area contributed by atoms with Crippen LogP contribution >= 0.6 is 27.7 Å². The van der Waals surface area contributed by atoms with Crippen molar-refractivity contribution in [2.75, 3.05) is 13.7 Å². The fourth-order valence-electron chi connectivity index (χ4n) is 2.56. The van der Waals surface area contributed by atoms with E-state index in [9.17, 15) is 9.59 Å². The number of carbonyl (C=O) groups is 2. The molecule has 152 valence electrons. The zero-order valence-corrected chi connectivity index (χ0v) is 18.0. The first-order valence-electron chi connectivity index (χ1n) is 8.48. The molecule has 0 atom stereocenters. The van der Waals surface area contributed by atoms with E-state index in [-0.39, 0.29) is 18.1 Å². The lowest BCUT2D eigenvalue weighted by Crippen LogP contribution is -2.19. The molecule has 1 heterocycles. The number of amidine groups is 1. The van der Waals surface area contributed by atoms with E-state index in [0.29, 0.717) is 32.8 Å². The maximum atomic E-state index is 12.4. The van der Waals surface area contributed by atoms with Gasteiger partial charge in [0.1, 0.15) is 6.61 Å². The molecule has 2 aromatic rings. The lowest BCUT2D eigenvalue weighted by atomic mass is 10.1. The van der Waals surface area contributed by atoms with Crippen LogP contribution in [0, 0.1) is 12.3 Å². The molecule has 1 saturated heterocycles. The Balaban J connectivity index is 1.93. The number of benzene rings is 2. The Kier molecular flexibility index (Phi) is 6.82. The number of amides is 1. The normalized spacial score (nSPS) is 15.7. The van der Waals surface area contributed by atoms with Crippen molar-refractivity contribution in [2.45, 2.75) is 0 Å². The summed E-state index contributed by atoms with van der Waals surface area (Å²) >= 11 is 4.54. The fraction of sp³-hybridized carbons (Fsp3) is 0.0952. The maximum absolute atomic E-state index is 12.4. The molecular weight excluding hydrogens is 472 g/mol. The number of nitrogens with one attached hydrogen (secondary N) is 1. The van der Waals surface area contributed by atoms with E-state index in [0.717, 1.165) is 16.2 Å². The number of halogens is 1. The van der Waals surface area contributed by atoms with E-state index >= 15 is 0 Å². The molecule has 0 aromatic heterocycles. The Morgan fingerprint density at radius 1 is 1.40 bits per heavy atom. The van der Waals surface area contributed by atoms with Crippen LogP contribution in [0.3, 0.4) is 0 Å². The molecule has 9 heteroatoms. The maximum Gasteiger partial charge on any atom is 0.335 e. The van der Waals surface area contributed by atoms with E-state index in [4.69, 9.17) is 21.0 Å². The van der Waals surface area contributed by atoms with Crippen molar-refractivity contribution in [1.82, 2.24) is 5.32 Å². The quantitative estimate of drug-likeness (QED) is 0.471. The van der Waals surface area contributed by atoms with Crippen LogP contribution in [0.25, 0.3) is 6.08 Å². The van der Waals surface area contributed by atoms with Gasteiger partial charge in [0.05, 0.1) is 23.3 Å². The molecule has 2 N–H and O–H groups in total. The number of aromatic carboxylic acids is 1. The predicted octanol–water partition coefficient (Wildman–Crippen LogP) is 4.06. The van der Waals surface area contributed by atoms with E-state index in [2.05, 4.69) is 32.2 Å². The molecular formula is C21H15BrN2O5S. The second-order valence-corrected chi connectivity index (χ2v) is 7.80. The number of methoxy groups -OCH3 is 1. The molecule has 3 rings (SSSR count). The summed E-state index contributed by atoms with van der Waals surface area (Å²) < 4.78 is 11.7. The van der Waals surface area contributed by atoms with Gasteiger partial charge in [-0.2, -0.15) is 0 Å². The number of carbonyl (C=O) groups excluding carboxylic acids is 1. The first-order valence-corrected chi connectivity index (χ1v) is 10.1. The minimum Gasteiger partial charge on any atom is -0.493 e. The first-order chi connectivity index (χ1) is 14.4. The summed E-state index contributed by atoms with van der Waals surface area (Å²) in [4.78, 5) is 28.2. The van der Waals surface area contributed by atoms with Gasteiger partial charge in [0.2, 0.25) is 0 Å². The van der Waals surface area contributed by atoms with E-state index in [1.54, 1.807) is 30.3 Å². The van der Waals surface area contributed by atoms with Crippen molar-refractivity contribution < 1.29 is 24.2 Å². The molecule has 7 nitrogen and oxygen atoms in total. The highest BCUT2D eigenvalue weighted by Gasteiger charge is 2.25. The molecule has 1 aliphatic rings. The zero-order valence-electron chi connectivity index (χ0n) is 15.6. The van der Waals surface area contributed by atoms with Gasteiger partial charge in [0, 0.05) is 10.0 Å². The van der Waals surface area contributed by atoms with E-state index in [1.807, 2.05) is 0 Å². The predicted molar refractivity (Wildman–Crippen MR) is 119 cm³/mol. The number of thioether (sulfide) groups is 1. The van der Waals surface area contributed by atoms with Crippen molar-refractivity contribution in [3.05, 3.63) is 56.9 Å². The van der Waals surface area contributed by atoms with Gasteiger partial charge >= 0.3 is 5.97 Å². The van der Waals surface area contributed by atoms with Crippen LogP contribution < -0.4 is 14.8 Å². The third-order valence-electron chi connectivity index (χ3n) is 3.83. The summed E-state index contributed by atoms with van der Waals surface area (Å²) in [6.45, 7) is 0.0418. The second-order valence-electron chi connectivity index (χ2n) is 5.86. The SMILES string of the molecule is C#CCOc1c(/C=C2\SC(=Nc3cccc(C(=O)O)c3)NC2=O)cc(Br)cc1OC. The van der Waals surface area contributed by atoms with Crippen LogP contribution in [0.1, 0.15) is 15.9 Å². The highest BCUT2D eigenvalue weighted by molar-refractivity contribution is 9.10. The van der Waals surface area contributed by atoms with Gasteiger partial charge in [-0.3, -0.25) is 4.79 Å². The molecule has 30 heavy (non-hydrogen) atoms. The molecule has 1 aliphatic heterocycles. The lowest BCUT2D eigenvalue weighted by Gasteiger charge is -2.12. The topological polar surface area (TPSA) is 97.2 Å². The van der Waals surface area contributed by atoms with Gasteiger partial charge in [0.15, 0.2) is 16.7 Å². The Morgan fingerprint density at radius 2 is 2.20 bits per heavy atom. The average molecular weight is 487 g/mol. The van der Waals surface area contributed by atoms with Crippen LogP contribution in [0.15, 0.2) is 50.8 Å². The first kappa shape index (κ1) is 21.5. The van der Waals surface area contributed by atoms with Crippen molar-refractivity contribution in [3.63, 3.8) is 0 Å². The van der Waals surface area contributed by atoms with Crippen LogP contribution in [0.2, 0.25) is 0 Å². The second kappa shape index (κ2) is 9.52. The Morgan fingerprint density at radius 3 is 2.90 bits per heavy atom. The van der Waals surface area contributed by atoms with Crippen molar-refractivity contribution in [1.29, 1.82) is 0 Å². The standard InChI is InChI=1S/C21H15BrN2O5S/c1-3-7-29-18-13(8-14(22)11-16(18)28-2)10-17-19(25)24-21(30-17)23-15-6-4-5-12(9-15)20(26)27/h1,4-6,8-11H,7H2,2H3,(H,26,27)(H,23,24,25)/b17-10-. The van der Waals surface area contributed by atoms with Crippen molar-refractivity contribution >= 4 is 56.5 Å². The highest BCUT2D eigenvalue weighted by Crippen LogP contribution is 2.38. The molecule has 1 amide bonds. The van der Waals surface area contributed by atoms with Gasteiger partial charge in [-0.15, -0.1) is 6.42 Å². The van der Waals surface area contributed by atoms with Gasteiger partial charge in [0.25, 0.3) is 5.91 Å². The Bertz CT molecular complexity index is 1120. The van der Waals surface area contributed by atoms with Crippen LogP contribution in [-0.2, 0) is 4.79 Å². The molecule has 1 fully saturated rings. The summed E-state index contributed by atoms with van der Waals surface area (Å²) in [5.74, 6) is 1.90. The summed E-state index contributed by atoms with van der Waals surface area (Å²) in [7, 11) is 1.51. The minimum atomic E-state index is -1.05. The van der Waals surface area contributed by atoms with Gasteiger partial charge in [-0.1, -0.05) is 27.9 Å². The molecule has 0 bridgehead atoms. The smallest absolute Gasteiger partial charge is 0.335 e. The number of hydrogen-bond acceptors (Lipinski definition) is 6. The number of hydrogen-bond donors (Lipinski definition) is 2. The Labute approximate surface area is 185 Å². The average Bonchev–Trinajstić information content (AvgIpc) is 3.05. The number of nitrogens with zero attached hydrogens (tertiary/aromatic N) is 1. The number of carboxylic acids is 1. The fourth-order valence-corrected chi connectivity index (χ4v) is 3.85. The van der Waals surface area contributed by atoms with Crippen molar-refractivity contribution in [2.24, 2.45) is 4.99 Å². The molecule has 0 radical (unpaired) electrons. The van der Waals surface area contributed by atoms with Crippen LogP contribution in [0.4, 0.5) is 5.69 Å². The van der Waals surface area contributed by atoms with Crippen LogP contribution in [-0.4, -0.2) is 35.9 Å². The van der Waals surface area contributed by atoms with Crippen LogP contribution in [0.5, 0.6) is 11.5 Å². The summed E-state index contributed by atoms with van der Waals surface area (Å²) in [5, 5.41) is 12.1. The molecule has 0 aliphatic carbocycles. The summed E-state index contributed by atoms with van der Waals surface area (Å²) in [5.41, 5.74) is 1.13. The highest BCUT2D eigenvalue weighted by atomic mass is 79.9. The molecule has 0 unspecified atom stereocenters. The minimum absolute atomic E-state index is 0.0418. The van der Waals surface area contributed by atoms with Crippen molar-refractivity contribution in [3.8, 4) is 23.8 Å². The van der Waals surface area contributed by atoms with Gasteiger partial charge < -0.3 is 19.9 Å². The number of carboxylic acid groups (broad SMARTS) is 1. The monoisotopic (exact) mass is 486 g/mol. The number of aliphatic imine (C=N–C) groups is 1. The third kappa shape index (κ3) is 5.03. The zero-order chi connectivity index (χ0) is 21.7. The van der Waals surface area contributed by atoms with E-state index < -0.39 is 5.97 Å². The summed E-state index contributed by atoms with van der Waals surface area (Å²) in [6, 6.07) is 9.65. The van der Waals surface area contributed by atoms with E-state index in [1.165, 1.54) is 19.2 Å². The number of rotatable bonds is 6. The number of terminal acetylenes is 1. The van der Waals surface area contributed by atoms with Gasteiger partial charge in [-0.05, 0) is 48.2 Å². The Hall–Kier alpha value is -3.22. The van der Waals surface area contributed by atoms with Gasteiger partial charge in [-0.25, -0.2) is 9.79 Å². The largest absolute Gasteiger partial charge is 0.493 e. The third-order valence-corrected chi connectivity index (χ3v) is 5.20. The summed E-state index contributed by atoms with van der Waals surface area (Å²) in [6.07, 6.45) is 6.94. The molecule has 0 spiro atoms.